The highest BCUT2D eigenvalue weighted by molar-refractivity contribution is 4.93. The van der Waals surface area contributed by atoms with Crippen LogP contribution in [0.2, 0.25) is 0 Å². The molecule has 0 unspecified atom stereocenters. The highest BCUT2D eigenvalue weighted by Crippen LogP contribution is 2.23. The maximum absolute atomic E-state index is 5.56. The molecule has 3 heteroatoms. The lowest BCUT2D eigenvalue weighted by Crippen LogP contribution is -2.62. The Kier molecular flexibility index (Phi) is 2.87. The Morgan fingerprint density at radius 2 is 2.18 bits per heavy atom. The first-order valence-electron chi connectivity index (χ1n) is 4.26. The number of hydrogen-bond acceptors (Lipinski definition) is 3. The molecule has 66 valence electrons. The van der Waals surface area contributed by atoms with Crippen LogP contribution in [0.3, 0.4) is 0 Å². The number of ether oxygens (including phenoxy) is 1. The molecule has 0 atom stereocenters. The number of hydrogen-bond donors (Lipinski definition) is 1. The van der Waals surface area contributed by atoms with Gasteiger partial charge in [0.05, 0.1) is 5.60 Å². The highest BCUT2D eigenvalue weighted by atomic mass is 16.5. The zero-order chi connectivity index (χ0) is 8.32. The molecule has 1 aliphatic rings. The lowest BCUT2D eigenvalue weighted by atomic mass is 9.96. The van der Waals surface area contributed by atoms with Crippen molar-refractivity contribution in [3.63, 3.8) is 0 Å². The van der Waals surface area contributed by atoms with Crippen molar-refractivity contribution in [1.29, 1.82) is 0 Å². The molecular weight excluding hydrogens is 140 g/mol. The molecule has 0 spiro atoms. The van der Waals surface area contributed by atoms with Gasteiger partial charge in [-0.1, -0.05) is 0 Å². The van der Waals surface area contributed by atoms with Crippen LogP contribution in [0.4, 0.5) is 0 Å². The zero-order valence-electron chi connectivity index (χ0n) is 7.47. The Morgan fingerprint density at radius 1 is 1.55 bits per heavy atom. The van der Waals surface area contributed by atoms with Gasteiger partial charge in [-0.3, -0.25) is 4.90 Å². The summed E-state index contributed by atoms with van der Waals surface area (Å²) in [5.41, 5.74) is 5.53. The minimum Gasteiger partial charge on any atom is -0.373 e. The van der Waals surface area contributed by atoms with Crippen molar-refractivity contribution >= 4 is 0 Å². The second kappa shape index (κ2) is 3.52. The first-order valence-corrected chi connectivity index (χ1v) is 4.26. The first-order chi connectivity index (χ1) is 5.20. The van der Waals surface area contributed by atoms with Gasteiger partial charge in [0.2, 0.25) is 0 Å². The fourth-order valence-electron chi connectivity index (χ4n) is 1.68. The van der Waals surface area contributed by atoms with E-state index >= 15 is 0 Å². The smallest absolute Gasteiger partial charge is 0.0906 e. The maximum atomic E-state index is 5.56. The number of likely N-dealkylation sites (tertiary alicyclic amines) is 1. The molecule has 0 radical (unpaired) electrons. The number of rotatable bonds is 4. The Bertz CT molecular complexity index is 121. The van der Waals surface area contributed by atoms with E-state index in [1.54, 1.807) is 0 Å². The third-order valence-corrected chi connectivity index (χ3v) is 2.05. The molecule has 0 bridgehead atoms. The fourth-order valence-corrected chi connectivity index (χ4v) is 1.68. The van der Waals surface area contributed by atoms with Gasteiger partial charge in [0.25, 0.3) is 0 Å². The van der Waals surface area contributed by atoms with Crippen LogP contribution in [0.15, 0.2) is 0 Å². The second-order valence-corrected chi connectivity index (χ2v) is 3.38. The molecule has 1 aliphatic heterocycles. The summed E-state index contributed by atoms with van der Waals surface area (Å²) < 4.78 is 5.56. The maximum Gasteiger partial charge on any atom is 0.0906 e. The van der Waals surface area contributed by atoms with E-state index < -0.39 is 0 Å². The molecule has 1 rings (SSSR count). The second-order valence-electron chi connectivity index (χ2n) is 3.38. The summed E-state index contributed by atoms with van der Waals surface area (Å²) >= 11 is 0. The molecule has 2 N–H and O–H groups in total. The van der Waals surface area contributed by atoms with Crippen LogP contribution in [0.25, 0.3) is 0 Å². The molecule has 0 aromatic rings. The van der Waals surface area contributed by atoms with E-state index in [1.807, 2.05) is 6.92 Å². The predicted octanol–water partition coefficient (Wildman–Crippen LogP) is 0.0559. The Labute approximate surface area is 68.5 Å². The van der Waals surface area contributed by atoms with E-state index in [2.05, 4.69) is 11.8 Å². The van der Waals surface area contributed by atoms with E-state index in [0.29, 0.717) is 0 Å². The molecule has 1 fully saturated rings. The summed E-state index contributed by atoms with van der Waals surface area (Å²) in [6, 6.07) is 0. The predicted molar refractivity (Wildman–Crippen MR) is 45.5 cm³/mol. The normalized spacial score (nSPS) is 23.2. The Hall–Kier alpha value is -0.120. The molecule has 0 saturated carbocycles. The fraction of sp³-hybridized carbons (Fsp3) is 1.00. The van der Waals surface area contributed by atoms with Crippen molar-refractivity contribution in [3.05, 3.63) is 0 Å². The zero-order valence-corrected chi connectivity index (χ0v) is 7.47. The van der Waals surface area contributed by atoms with Crippen molar-refractivity contribution in [1.82, 2.24) is 4.90 Å². The lowest BCUT2D eigenvalue weighted by Gasteiger charge is -2.47. The third kappa shape index (κ3) is 2.15. The number of nitrogens with two attached hydrogens (primary N) is 1. The first kappa shape index (κ1) is 8.97. The lowest BCUT2D eigenvalue weighted by molar-refractivity contribution is -0.127. The largest absolute Gasteiger partial charge is 0.373 e. The Balaban J connectivity index is 2.15. The van der Waals surface area contributed by atoms with Crippen molar-refractivity contribution in [3.8, 4) is 0 Å². The van der Waals surface area contributed by atoms with Crippen molar-refractivity contribution in [2.45, 2.75) is 19.4 Å². The minimum absolute atomic E-state index is 0.115. The van der Waals surface area contributed by atoms with Crippen LogP contribution < -0.4 is 5.73 Å². The summed E-state index contributed by atoms with van der Waals surface area (Å²) in [7, 11) is 0. The quantitative estimate of drug-likeness (QED) is 0.628. The molecule has 3 nitrogen and oxygen atoms in total. The summed E-state index contributed by atoms with van der Waals surface area (Å²) in [5, 5.41) is 0. The average molecular weight is 158 g/mol. The topological polar surface area (TPSA) is 38.5 Å². The highest BCUT2D eigenvalue weighted by Gasteiger charge is 2.38. The third-order valence-electron chi connectivity index (χ3n) is 2.05. The Morgan fingerprint density at radius 3 is 2.64 bits per heavy atom. The van der Waals surface area contributed by atoms with Crippen LogP contribution in [0.5, 0.6) is 0 Å². The molecule has 0 amide bonds. The van der Waals surface area contributed by atoms with Gasteiger partial charge in [-0.25, -0.2) is 0 Å². The van der Waals surface area contributed by atoms with Crippen molar-refractivity contribution < 1.29 is 4.74 Å². The minimum atomic E-state index is 0.115. The molecule has 1 heterocycles. The summed E-state index contributed by atoms with van der Waals surface area (Å²) in [6.45, 7) is 8.84. The van der Waals surface area contributed by atoms with Gasteiger partial charge in [0, 0.05) is 32.8 Å². The van der Waals surface area contributed by atoms with Gasteiger partial charge in [0.1, 0.15) is 0 Å². The monoisotopic (exact) mass is 158 g/mol. The molecule has 1 saturated heterocycles. The van der Waals surface area contributed by atoms with Gasteiger partial charge in [-0.2, -0.15) is 0 Å². The molecule has 0 aromatic carbocycles. The molecule has 0 aliphatic carbocycles. The summed E-state index contributed by atoms with van der Waals surface area (Å²) in [4.78, 5) is 2.32. The van der Waals surface area contributed by atoms with Gasteiger partial charge in [-0.15, -0.1) is 0 Å². The van der Waals surface area contributed by atoms with E-state index in [1.165, 1.54) is 0 Å². The van der Waals surface area contributed by atoms with Gasteiger partial charge in [0.15, 0.2) is 0 Å². The van der Waals surface area contributed by atoms with Gasteiger partial charge < -0.3 is 10.5 Å². The molecular formula is C8H18N2O. The standard InChI is InChI=1S/C8H18N2O/c1-3-11-8(2)6-10(7-8)5-4-9/h3-7,9H2,1-2H3. The van der Waals surface area contributed by atoms with Crippen LogP contribution >= 0.6 is 0 Å². The van der Waals surface area contributed by atoms with Crippen LogP contribution in [-0.4, -0.2) is 43.3 Å². The molecule has 0 aromatic heterocycles. The van der Waals surface area contributed by atoms with E-state index in [9.17, 15) is 0 Å². The van der Waals surface area contributed by atoms with E-state index in [-0.39, 0.29) is 5.60 Å². The summed E-state index contributed by atoms with van der Waals surface area (Å²) in [5.74, 6) is 0. The van der Waals surface area contributed by atoms with E-state index in [4.69, 9.17) is 10.5 Å². The van der Waals surface area contributed by atoms with Crippen LogP contribution in [0.1, 0.15) is 13.8 Å². The van der Waals surface area contributed by atoms with Gasteiger partial charge in [-0.05, 0) is 13.8 Å². The number of nitrogens with zero attached hydrogens (tertiary/aromatic N) is 1. The van der Waals surface area contributed by atoms with Crippen molar-refractivity contribution in [2.24, 2.45) is 5.73 Å². The average Bonchev–Trinajstić information content (AvgIpc) is 1.85. The van der Waals surface area contributed by atoms with E-state index in [0.717, 1.165) is 32.8 Å². The van der Waals surface area contributed by atoms with Crippen molar-refractivity contribution in [2.75, 3.05) is 32.8 Å². The van der Waals surface area contributed by atoms with Crippen LogP contribution in [-0.2, 0) is 4.74 Å². The SMILES string of the molecule is CCOC1(C)CN(CCN)C1. The summed E-state index contributed by atoms with van der Waals surface area (Å²) in [6.07, 6.45) is 0. The van der Waals surface area contributed by atoms with Crippen LogP contribution in [0, 0.1) is 0 Å². The molecule has 11 heavy (non-hydrogen) atoms. The van der Waals surface area contributed by atoms with Gasteiger partial charge >= 0.3 is 0 Å².